The van der Waals surface area contributed by atoms with E-state index in [1.54, 1.807) is 0 Å². The number of aryl methyl sites for hydroxylation is 1. The number of anilines is 1. The van der Waals surface area contributed by atoms with E-state index in [4.69, 9.17) is 0 Å². The average molecular weight is 209 g/mol. The van der Waals surface area contributed by atoms with Gasteiger partial charge < -0.3 is 5.32 Å². The SMILES string of the molecule is CCCCc1ccc(NCCS)cc1. The molecule has 0 aliphatic heterocycles. The highest BCUT2D eigenvalue weighted by molar-refractivity contribution is 7.80. The fraction of sp³-hybridized carbons (Fsp3) is 0.500. The minimum absolute atomic E-state index is 0.873. The van der Waals surface area contributed by atoms with Crippen LogP contribution in [0.15, 0.2) is 24.3 Å². The number of nitrogens with one attached hydrogen (secondary N) is 1. The first-order chi connectivity index (χ1) is 6.86. The van der Waals surface area contributed by atoms with Crippen molar-refractivity contribution in [3.05, 3.63) is 29.8 Å². The molecular weight excluding hydrogens is 190 g/mol. The molecule has 0 atom stereocenters. The molecular formula is C12H19NS. The standard InChI is InChI=1S/C12H19NS/c1-2-3-4-11-5-7-12(8-6-11)13-9-10-14/h5-8,13-14H,2-4,9-10H2,1H3. The summed E-state index contributed by atoms with van der Waals surface area (Å²) in [6, 6.07) is 8.70. The van der Waals surface area contributed by atoms with Crippen molar-refractivity contribution in [2.45, 2.75) is 26.2 Å². The lowest BCUT2D eigenvalue weighted by atomic mass is 10.1. The molecule has 0 saturated carbocycles. The Morgan fingerprint density at radius 2 is 1.93 bits per heavy atom. The summed E-state index contributed by atoms with van der Waals surface area (Å²) in [6.45, 7) is 3.15. The Kier molecular flexibility index (Phi) is 5.53. The molecule has 0 spiro atoms. The van der Waals surface area contributed by atoms with E-state index in [1.165, 1.54) is 30.5 Å². The maximum Gasteiger partial charge on any atom is 0.0340 e. The van der Waals surface area contributed by atoms with E-state index in [9.17, 15) is 0 Å². The van der Waals surface area contributed by atoms with Gasteiger partial charge in [-0.25, -0.2) is 0 Å². The summed E-state index contributed by atoms with van der Waals surface area (Å²) in [4.78, 5) is 0. The van der Waals surface area contributed by atoms with Gasteiger partial charge in [-0.15, -0.1) is 0 Å². The van der Waals surface area contributed by atoms with Gasteiger partial charge in [0, 0.05) is 18.0 Å². The van der Waals surface area contributed by atoms with Crippen molar-refractivity contribution in [1.82, 2.24) is 0 Å². The Hall–Kier alpha value is -0.630. The number of unbranched alkanes of at least 4 members (excludes halogenated alkanes) is 1. The van der Waals surface area contributed by atoms with Crippen LogP contribution in [0.1, 0.15) is 25.3 Å². The van der Waals surface area contributed by atoms with Crippen molar-refractivity contribution >= 4 is 18.3 Å². The van der Waals surface area contributed by atoms with Crippen LogP contribution in [-0.4, -0.2) is 12.3 Å². The number of benzene rings is 1. The topological polar surface area (TPSA) is 12.0 Å². The summed E-state index contributed by atoms with van der Waals surface area (Å²) < 4.78 is 0. The lowest BCUT2D eigenvalue weighted by molar-refractivity contribution is 0.795. The van der Waals surface area contributed by atoms with Gasteiger partial charge in [-0.2, -0.15) is 12.6 Å². The molecule has 0 aliphatic carbocycles. The Balaban J connectivity index is 2.42. The van der Waals surface area contributed by atoms with E-state index >= 15 is 0 Å². The third-order valence-corrected chi connectivity index (χ3v) is 2.44. The van der Waals surface area contributed by atoms with Gasteiger partial charge in [0.2, 0.25) is 0 Å². The van der Waals surface area contributed by atoms with Gasteiger partial charge in [-0.3, -0.25) is 0 Å². The Bertz CT molecular complexity index is 216. The molecule has 1 rings (SSSR count). The highest BCUT2D eigenvalue weighted by Gasteiger charge is 1.93. The molecule has 1 aromatic rings. The van der Waals surface area contributed by atoms with Crippen molar-refractivity contribution in [2.75, 3.05) is 17.6 Å². The molecule has 14 heavy (non-hydrogen) atoms. The summed E-state index contributed by atoms with van der Waals surface area (Å²) in [5.41, 5.74) is 2.63. The lowest BCUT2D eigenvalue weighted by Crippen LogP contribution is -2.02. The highest BCUT2D eigenvalue weighted by Crippen LogP contribution is 2.11. The van der Waals surface area contributed by atoms with Gasteiger partial charge >= 0.3 is 0 Å². The zero-order chi connectivity index (χ0) is 10.2. The van der Waals surface area contributed by atoms with Crippen LogP contribution in [0.25, 0.3) is 0 Å². The van der Waals surface area contributed by atoms with Crippen molar-refractivity contribution in [3.63, 3.8) is 0 Å². The van der Waals surface area contributed by atoms with Gasteiger partial charge in [0.1, 0.15) is 0 Å². The number of hydrogen-bond acceptors (Lipinski definition) is 2. The van der Waals surface area contributed by atoms with Crippen molar-refractivity contribution in [2.24, 2.45) is 0 Å². The molecule has 0 amide bonds. The molecule has 0 bridgehead atoms. The van der Waals surface area contributed by atoms with Gasteiger partial charge in [-0.05, 0) is 30.5 Å². The second-order valence-electron chi connectivity index (χ2n) is 3.45. The Morgan fingerprint density at radius 1 is 1.21 bits per heavy atom. The molecule has 2 heteroatoms. The molecule has 0 aromatic heterocycles. The fourth-order valence-corrected chi connectivity index (χ4v) is 1.48. The van der Waals surface area contributed by atoms with E-state index in [-0.39, 0.29) is 0 Å². The van der Waals surface area contributed by atoms with E-state index in [1.807, 2.05) is 0 Å². The van der Waals surface area contributed by atoms with Gasteiger partial charge in [-0.1, -0.05) is 25.5 Å². The molecule has 1 nitrogen and oxygen atoms in total. The van der Waals surface area contributed by atoms with Crippen LogP contribution in [0, 0.1) is 0 Å². The van der Waals surface area contributed by atoms with E-state index < -0.39 is 0 Å². The lowest BCUT2D eigenvalue weighted by Gasteiger charge is -2.05. The van der Waals surface area contributed by atoms with E-state index in [2.05, 4.69) is 49.1 Å². The monoisotopic (exact) mass is 209 g/mol. The molecule has 0 aliphatic rings. The fourth-order valence-electron chi connectivity index (χ4n) is 1.37. The summed E-state index contributed by atoms with van der Waals surface area (Å²) >= 11 is 4.15. The van der Waals surface area contributed by atoms with Gasteiger partial charge in [0.15, 0.2) is 0 Å². The van der Waals surface area contributed by atoms with Crippen molar-refractivity contribution in [3.8, 4) is 0 Å². The third kappa shape index (κ3) is 4.05. The quantitative estimate of drug-likeness (QED) is 0.685. The van der Waals surface area contributed by atoms with Crippen molar-refractivity contribution < 1.29 is 0 Å². The summed E-state index contributed by atoms with van der Waals surface area (Å²) in [5.74, 6) is 0.873. The minimum atomic E-state index is 0.873. The summed E-state index contributed by atoms with van der Waals surface area (Å²) in [7, 11) is 0. The number of rotatable bonds is 6. The largest absolute Gasteiger partial charge is 0.384 e. The first kappa shape index (κ1) is 11.4. The molecule has 1 aromatic carbocycles. The molecule has 0 unspecified atom stereocenters. The third-order valence-electron chi connectivity index (χ3n) is 2.21. The van der Waals surface area contributed by atoms with Crippen LogP contribution in [0.2, 0.25) is 0 Å². The predicted molar refractivity (Wildman–Crippen MR) is 67.4 cm³/mol. The zero-order valence-corrected chi connectivity index (χ0v) is 9.69. The molecule has 0 heterocycles. The highest BCUT2D eigenvalue weighted by atomic mass is 32.1. The number of thiol groups is 1. The normalized spacial score (nSPS) is 10.1. The van der Waals surface area contributed by atoms with Crippen LogP contribution in [-0.2, 0) is 6.42 Å². The summed E-state index contributed by atoms with van der Waals surface area (Å²) in [5, 5.41) is 3.30. The molecule has 0 fully saturated rings. The first-order valence-electron chi connectivity index (χ1n) is 5.30. The van der Waals surface area contributed by atoms with Crippen LogP contribution in [0.3, 0.4) is 0 Å². The summed E-state index contributed by atoms with van der Waals surface area (Å²) in [6.07, 6.45) is 3.74. The zero-order valence-electron chi connectivity index (χ0n) is 8.79. The Labute approximate surface area is 92.3 Å². The maximum atomic E-state index is 4.15. The Morgan fingerprint density at radius 3 is 2.50 bits per heavy atom. The maximum absolute atomic E-state index is 4.15. The second-order valence-corrected chi connectivity index (χ2v) is 3.90. The second kappa shape index (κ2) is 6.77. The molecule has 0 radical (unpaired) electrons. The molecule has 0 saturated heterocycles. The van der Waals surface area contributed by atoms with Crippen LogP contribution >= 0.6 is 12.6 Å². The smallest absolute Gasteiger partial charge is 0.0340 e. The molecule has 1 N–H and O–H groups in total. The van der Waals surface area contributed by atoms with E-state index in [0.29, 0.717) is 0 Å². The van der Waals surface area contributed by atoms with Crippen LogP contribution in [0.5, 0.6) is 0 Å². The van der Waals surface area contributed by atoms with Crippen LogP contribution in [0.4, 0.5) is 5.69 Å². The van der Waals surface area contributed by atoms with Crippen LogP contribution < -0.4 is 5.32 Å². The van der Waals surface area contributed by atoms with Gasteiger partial charge in [0.05, 0.1) is 0 Å². The van der Waals surface area contributed by atoms with E-state index in [0.717, 1.165) is 12.3 Å². The number of hydrogen-bond donors (Lipinski definition) is 2. The average Bonchev–Trinajstić information content (AvgIpc) is 2.25. The predicted octanol–water partition coefficient (Wildman–Crippen LogP) is 3.37. The van der Waals surface area contributed by atoms with Crippen molar-refractivity contribution in [1.29, 1.82) is 0 Å². The minimum Gasteiger partial charge on any atom is -0.384 e. The first-order valence-corrected chi connectivity index (χ1v) is 5.93. The molecule has 78 valence electrons. The van der Waals surface area contributed by atoms with Gasteiger partial charge in [0.25, 0.3) is 0 Å².